The van der Waals surface area contributed by atoms with Crippen LogP contribution in [0.2, 0.25) is 0 Å². The number of carbonyl (C=O) groups excluding carboxylic acids is 1. The van der Waals surface area contributed by atoms with Gasteiger partial charge in [0.1, 0.15) is 5.60 Å². The van der Waals surface area contributed by atoms with E-state index in [0.29, 0.717) is 12.5 Å². The second-order valence-electron chi connectivity index (χ2n) is 5.50. The van der Waals surface area contributed by atoms with Crippen molar-refractivity contribution in [1.29, 1.82) is 0 Å². The molecule has 6 heteroatoms. The molecule has 0 saturated carbocycles. The van der Waals surface area contributed by atoms with Crippen LogP contribution < -0.4 is 5.32 Å². The van der Waals surface area contributed by atoms with E-state index in [4.69, 9.17) is 4.74 Å². The standard InChI is InChI=1S/C13H22N4O2/c1-13(2,3)19-11(18)10-6-7-14-12(16-10)15-8-9-17(4)5/h6-7H,8-9H2,1-5H3,(H,14,15,16). The Hall–Kier alpha value is -1.69. The van der Waals surface area contributed by atoms with Crippen molar-refractivity contribution in [1.82, 2.24) is 14.9 Å². The van der Waals surface area contributed by atoms with Gasteiger partial charge in [-0.3, -0.25) is 0 Å². The Morgan fingerprint density at radius 1 is 1.42 bits per heavy atom. The van der Waals surface area contributed by atoms with Crippen molar-refractivity contribution in [3.05, 3.63) is 18.0 Å². The molecule has 0 spiro atoms. The lowest BCUT2D eigenvalue weighted by atomic mass is 10.2. The summed E-state index contributed by atoms with van der Waals surface area (Å²) >= 11 is 0. The van der Waals surface area contributed by atoms with Gasteiger partial charge in [0.2, 0.25) is 5.95 Å². The average molecular weight is 266 g/mol. The molecule has 0 aliphatic heterocycles. The number of esters is 1. The number of aromatic nitrogens is 2. The summed E-state index contributed by atoms with van der Waals surface area (Å²) < 4.78 is 5.26. The first-order valence-corrected chi connectivity index (χ1v) is 6.23. The van der Waals surface area contributed by atoms with Crippen LogP contribution in [-0.2, 0) is 4.74 Å². The maximum absolute atomic E-state index is 11.8. The predicted molar refractivity (Wildman–Crippen MR) is 74.2 cm³/mol. The first-order valence-electron chi connectivity index (χ1n) is 6.23. The second-order valence-corrected chi connectivity index (χ2v) is 5.50. The number of ether oxygens (including phenoxy) is 1. The van der Waals surface area contributed by atoms with Crippen molar-refractivity contribution in [2.24, 2.45) is 0 Å². The molecule has 0 radical (unpaired) electrons. The SMILES string of the molecule is CN(C)CCNc1nccc(C(=O)OC(C)(C)C)n1. The highest BCUT2D eigenvalue weighted by molar-refractivity contribution is 5.87. The first-order chi connectivity index (χ1) is 8.78. The lowest BCUT2D eigenvalue weighted by Gasteiger charge is -2.19. The normalized spacial score (nSPS) is 11.5. The van der Waals surface area contributed by atoms with Crippen molar-refractivity contribution in [3.63, 3.8) is 0 Å². The number of likely N-dealkylation sites (N-methyl/N-ethyl adjacent to an activating group) is 1. The highest BCUT2D eigenvalue weighted by Crippen LogP contribution is 2.11. The molecule has 0 aliphatic carbocycles. The number of rotatable bonds is 5. The number of carbonyl (C=O) groups is 1. The third kappa shape index (κ3) is 6.15. The molecular formula is C13H22N4O2. The van der Waals surface area contributed by atoms with Gasteiger partial charge in [0, 0.05) is 19.3 Å². The summed E-state index contributed by atoms with van der Waals surface area (Å²) in [6, 6.07) is 1.55. The van der Waals surface area contributed by atoms with Gasteiger partial charge in [0.15, 0.2) is 5.69 Å². The molecule has 1 rings (SSSR count). The number of hydrogen-bond acceptors (Lipinski definition) is 6. The fourth-order valence-electron chi connectivity index (χ4n) is 1.28. The highest BCUT2D eigenvalue weighted by atomic mass is 16.6. The van der Waals surface area contributed by atoms with Gasteiger partial charge < -0.3 is 15.0 Å². The Bertz CT molecular complexity index is 427. The molecule has 1 aromatic rings. The smallest absolute Gasteiger partial charge is 0.357 e. The van der Waals surface area contributed by atoms with Crippen LogP contribution in [0.1, 0.15) is 31.3 Å². The summed E-state index contributed by atoms with van der Waals surface area (Å²) in [6.07, 6.45) is 1.55. The van der Waals surface area contributed by atoms with Gasteiger partial charge in [-0.1, -0.05) is 0 Å². The van der Waals surface area contributed by atoms with Gasteiger partial charge in [-0.15, -0.1) is 0 Å². The number of anilines is 1. The number of nitrogens with one attached hydrogen (secondary N) is 1. The van der Waals surface area contributed by atoms with Gasteiger partial charge in [0.25, 0.3) is 0 Å². The summed E-state index contributed by atoms with van der Waals surface area (Å²) in [5, 5.41) is 3.06. The van der Waals surface area contributed by atoms with Gasteiger partial charge in [0.05, 0.1) is 0 Å². The van der Waals surface area contributed by atoms with Crippen molar-refractivity contribution in [3.8, 4) is 0 Å². The summed E-state index contributed by atoms with van der Waals surface area (Å²) in [4.78, 5) is 22.1. The molecule has 1 aromatic heterocycles. The molecule has 0 saturated heterocycles. The van der Waals surface area contributed by atoms with Crippen molar-refractivity contribution in [2.45, 2.75) is 26.4 Å². The zero-order valence-corrected chi connectivity index (χ0v) is 12.2. The molecule has 106 valence electrons. The lowest BCUT2D eigenvalue weighted by molar-refractivity contribution is 0.00628. The topological polar surface area (TPSA) is 67.4 Å². The van der Waals surface area contributed by atoms with Gasteiger partial charge in [-0.05, 0) is 40.9 Å². The van der Waals surface area contributed by atoms with E-state index in [9.17, 15) is 4.79 Å². The molecule has 0 aromatic carbocycles. The van der Waals surface area contributed by atoms with Crippen LogP contribution in [0.5, 0.6) is 0 Å². The summed E-state index contributed by atoms with van der Waals surface area (Å²) in [5.74, 6) is -0.00392. The fourth-order valence-corrected chi connectivity index (χ4v) is 1.28. The summed E-state index contributed by atoms with van der Waals surface area (Å²) in [5.41, 5.74) is -0.266. The fraction of sp³-hybridized carbons (Fsp3) is 0.615. The van der Waals surface area contributed by atoms with Crippen molar-refractivity contribution >= 4 is 11.9 Å². The zero-order valence-electron chi connectivity index (χ0n) is 12.2. The van der Waals surface area contributed by atoms with E-state index in [-0.39, 0.29) is 5.69 Å². The average Bonchev–Trinajstić information content (AvgIpc) is 2.26. The summed E-state index contributed by atoms with van der Waals surface area (Å²) in [7, 11) is 3.97. The maximum Gasteiger partial charge on any atom is 0.357 e. The quantitative estimate of drug-likeness (QED) is 0.813. The maximum atomic E-state index is 11.8. The van der Waals surface area contributed by atoms with Gasteiger partial charge in [-0.2, -0.15) is 0 Å². The molecule has 0 amide bonds. The van der Waals surface area contributed by atoms with E-state index >= 15 is 0 Å². The molecule has 0 unspecified atom stereocenters. The van der Waals surface area contributed by atoms with Crippen LogP contribution in [-0.4, -0.2) is 53.6 Å². The Balaban J connectivity index is 2.64. The Morgan fingerprint density at radius 2 is 2.11 bits per heavy atom. The largest absolute Gasteiger partial charge is 0.455 e. The van der Waals surface area contributed by atoms with Gasteiger partial charge in [-0.25, -0.2) is 14.8 Å². The minimum absolute atomic E-state index is 0.261. The van der Waals surface area contributed by atoms with Crippen LogP contribution in [0, 0.1) is 0 Å². The minimum Gasteiger partial charge on any atom is -0.455 e. The predicted octanol–water partition coefficient (Wildman–Crippen LogP) is 1.41. The van der Waals surface area contributed by atoms with E-state index in [1.165, 1.54) is 0 Å². The molecule has 0 fully saturated rings. The van der Waals surface area contributed by atoms with Crippen LogP contribution in [0.15, 0.2) is 12.3 Å². The molecule has 6 nitrogen and oxygen atoms in total. The van der Waals surface area contributed by atoms with Crippen molar-refractivity contribution in [2.75, 3.05) is 32.5 Å². The Kier molecular flexibility index (Phi) is 5.23. The molecule has 0 atom stereocenters. The monoisotopic (exact) mass is 266 g/mol. The number of hydrogen-bond donors (Lipinski definition) is 1. The van der Waals surface area contributed by atoms with E-state index in [1.54, 1.807) is 12.3 Å². The third-order valence-corrected chi connectivity index (χ3v) is 2.11. The van der Waals surface area contributed by atoms with Gasteiger partial charge >= 0.3 is 5.97 Å². The number of nitrogens with zero attached hydrogens (tertiary/aromatic N) is 3. The van der Waals surface area contributed by atoms with Crippen LogP contribution in [0.3, 0.4) is 0 Å². The van der Waals surface area contributed by atoms with E-state index in [2.05, 4.69) is 15.3 Å². The van der Waals surface area contributed by atoms with E-state index in [1.807, 2.05) is 39.8 Å². The highest BCUT2D eigenvalue weighted by Gasteiger charge is 2.19. The molecular weight excluding hydrogens is 244 g/mol. The zero-order chi connectivity index (χ0) is 14.5. The Labute approximate surface area is 114 Å². The van der Waals surface area contributed by atoms with Crippen LogP contribution in [0.25, 0.3) is 0 Å². The third-order valence-electron chi connectivity index (χ3n) is 2.11. The Morgan fingerprint density at radius 3 is 2.68 bits per heavy atom. The minimum atomic E-state index is -0.527. The second kappa shape index (κ2) is 6.47. The molecule has 1 N–H and O–H groups in total. The van der Waals surface area contributed by atoms with Crippen LogP contribution >= 0.6 is 0 Å². The molecule has 1 heterocycles. The molecule has 0 aliphatic rings. The van der Waals surface area contributed by atoms with E-state index < -0.39 is 11.6 Å². The molecule has 19 heavy (non-hydrogen) atoms. The van der Waals surface area contributed by atoms with Crippen molar-refractivity contribution < 1.29 is 9.53 Å². The summed E-state index contributed by atoms with van der Waals surface area (Å²) in [6.45, 7) is 7.04. The van der Waals surface area contributed by atoms with Crippen LogP contribution in [0.4, 0.5) is 5.95 Å². The first kappa shape index (κ1) is 15.4. The molecule has 0 bridgehead atoms. The van der Waals surface area contributed by atoms with E-state index in [0.717, 1.165) is 6.54 Å². The lowest BCUT2D eigenvalue weighted by Crippen LogP contribution is -2.25.